The molecule has 4 atom stereocenters. The number of hydrogen-bond donors (Lipinski definition) is 3. The maximum atomic E-state index is 5.72. The van der Waals surface area contributed by atoms with Crippen LogP contribution in [0.5, 0.6) is 0 Å². The molecule has 19 heavy (non-hydrogen) atoms. The number of nitrogens with two attached hydrogens (primary N) is 1. The lowest BCUT2D eigenvalue weighted by Crippen LogP contribution is -2.30. The number of nitrogens with one attached hydrogen (secondary N) is 2. The van der Waals surface area contributed by atoms with Gasteiger partial charge in [0.25, 0.3) is 0 Å². The minimum atomic E-state index is 0.314. The zero-order valence-electron chi connectivity index (χ0n) is 11.7. The van der Waals surface area contributed by atoms with Gasteiger partial charge in [-0.2, -0.15) is 9.97 Å². The van der Waals surface area contributed by atoms with Gasteiger partial charge in [-0.1, -0.05) is 6.42 Å². The fraction of sp³-hybridized carbons (Fsp3) is 0.714. The summed E-state index contributed by atoms with van der Waals surface area (Å²) in [5, 5.41) is 6.52. The van der Waals surface area contributed by atoms with Gasteiger partial charge in [-0.15, -0.1) is 0 Å². The lowest BCUT2D eigenvalue weighted by Gasteiger charge is -2.29. The topological polar surface area (TPSA) is 75.9 Å². The molecule has 5 heteroatoms. The third kappa shape index (κ3) is 2.46. The smallest absolute Gasteiger partial charge is 0.223 e. The Labute approximate surface area is 114 Å². The molecule has 3 rings (SSSR count). The van der Waals surface area contributed by atoms with Crippen LogP contribution in [0.3, 0.4) is 0 Å². The molecule has 4 N–H and O–H groups in total. The minimum absolute atomic E-state index is 0.314. The van der Waals surface area contributed by atoms with Crippen LogP contribution in [0.15, 0.2) is 6.07 Å². The predicted octanol–water partition coefficient (Wildman–Crippen LogP) is 2.34. The first-order chi connectivity index (χ1) is 9.15. The zero-order chi connectivity index (χ0) is 13.4. The number of anilines is 3. The van der Waals surface area contributed by atoms with Crippen molar-refractivity contribution in [2.24, 2.45) is 17.8 Å². The number of fused-ring (bicyclic) bond motifs is 2. The van der Waals surface area contributed by atoms with Gasteiger partial charge in [-0.25, -0.2) is 0 Å². The van der Waals surface area contributed by atoms with Crippen molar-refractivity contribution in [3.8, 4) is 0 Å². The number of hydrogen-bond acceptors (Lipinski definition) is 5. The molecule has 2 aliphatic rings. The molecule has 0 aromatic carbocycles. The van der Waals surface area contributed by atoms with Crippen molar-refractivity contribution in [3.05, 3.63) is 6.07 Å². The molecule has 0 spiro atoms. The Morgan fingerprint density at radius 3 is 2.68 bits per heavy atom. The van der Waals surface area contributed by atoms with E-state index < -0.39 is 0 Å². The van der Waals surface area contributed by atoms with Crippen LogP contribution < -0.4 is 16.4 Å². The molecule has 104 valence electrons. The number of nitrogens with zero attached hydrogens (tertiary/aromatic N) is 2. The Morgan fingerprint density at radius 1 is 1.26 bits per heavy atom. The summed E-state index contributed by atoms with van der Waals surface area (Å²) in [6.45, 7) is 2.27. The lowest BCUT2D eigenvalue weighted by molar-refractivity contribution is 0.304. The summed E-state index contributed by atoms with van der Waals surface area (Å²) in [5.41, 5.74) is 5.72. The van der Waals surface area contributed by atoms with Crippen molar-refractivity contribution in [1.29, 1.82) is 0 Å². The first-order valence-electron chi connectivity index (χ1n) is 7.24. The van der Waals surface area contributed by atoms with Crippen molar-refractivity contribution in [2.45, 2.75) is 38.6 Å². The largest absolute Gasteiger partial charge is 0.373 e. The van der Waals surface area contributed by atoms with Gasteiger partial charge in [-0.3, -0.25) is 0 Å². The van der Waals surface area contributed by atoms with Gasteiger partial charge in [0, 0.05) is 19.2 Å². The SMILES string of the molecule is CNc1cc(NC(C)C2CC3CCC2C3)nc(N)n1. The van der Waals surface area contributed by atoms with Gasteiger partial charge >= 0.3 is 0 Å². The van der Waals surface area contributed by atoms with Crippen molar-refractivity contribution >= 4 is 17.6 Å². The van der Waals surface area contributed by atoms with Gasteiger partial charge in [0.15, 0.2) is 0 Å². The van der Waals surface area contributed by atoms with Crippen molar-refractivity contribution in [3.63, 3.8) is 0 Å². The van der Waals surface area contributed by atoms with E-state index in [0.29, 0.717) is 12.0 Å². The second-order valence-electron chi connectivity index (χ2n) is 6.02. The third-order valence-corrected chi connectivity index (χ3v) is 4.81. The monoisotopic (exact) mass is 261 g/mol. The van der Waals surface area contributed by atoms with Gasteiger partial charge in [0.1, 0.15) is 11.6 Å². The summed E-state index contributed by atoms with van der Waals surface area (Å²) in [6.07, 6.45) is 5.66. The minimum Gasteiger partial charge on any atom is -0.373 e. The molecule has 0 saturated heterocycles. The van der Waals surface area contributed by atoms with Gasteiger partial charge in [0.2, 0.25) is 5.95 Å². The molecule has 4 unspecified atom stereocenters. The van der Waals surface area contributed by atoms with Crippen molar-refractivity contribution in [2.75, 3.05) is 23.4 Å². The number of aromatic nitrogens is 2. The number of nitrogen functional groups attached to an aromatic ring is 1. The van der Waals surface area contributed by atoms with E-state index in [4.69, 9.17) is 5.73 Å². The highest BCUT2D eigenvalue weighted by Crippen LogP contribution is 2.49. The van der Waals surface area contributed by atoms with Gasteiger partial charge < -0.3 is 16.4 Å². The highest BCUT2D eigenvalue weighted by molar-refractivity contribution is 5.51. The molecule has 0 radical (unpaired) electrons. The lowest BCUT2D eigenvalue weighted by atomic mass is 9.84. The van der Waals surface area contributed by atoms with Crippen LogP contribution in [0.25, 0.3) is 0 Å². The van der Waals surface area contributed by atoms with Crippen LogP contribution in [0.4, 0.5) is 17.6 Å². The first-order valence-corrected chi connectivity index (χ1v) is 7.24. The van der Waals surface area contributed by atoms with Crippen LogP contribution in [-0.4, -0.2) is 23.1 Å². The summed E-state index contributed by atoms with van der Waals surface area (Å²) < 4.78 is 0. The molecule has 2 bridgehead atoms. The maximum Gasteiger partial charge on any atom is 0.223 e. The van der Waals surface area contributed by atoms with Crippen LogP contribution >= 0.6 is 0 Å². The summed E-state index contributed by atoms with van der Waals surface area (Å²) in [5.74, 6) is 4.57. The summed E-state index contributed by atoms with van der Waals surface area (Å²) in [6, 6.07) is 2.37. The average Bonchev–Trinajstić information content (AvgIpc) is 3.00. The Bertz CT molecular complexity index is 461. The highest BCUT2D eigenvalue weighted by Gasteiger charge is 2.41. The second-order valence-corrected chi connectivity index (χ2v) is 6.02. The van der Waals surface area contributed by atoms with E-state index in [1.54, 1.807) is 0 Å². The summed E-state index contributed by atoms with van der Waals surface area (Å²) in [4.78, 5) is 8.38. The Morgan fingerprint density at radius 2 is 2.05 bits per heavy atom. The quantitative estimate of drug-likeness (QED) is 0.775. The fourth-order valence-corrected chi connectivity index (χ4v) is 3.91. The molecule has 2 saturated carbocycles. The van der Waals surface area contributed by atoms with E-state index in [-0.39, 0.29) is 0 Å². The van der Waals surface area contributed by atoms with Crippen LogP contribution in [0, 0.1) is 17.8 Å². The van der Waals surface area contributed by atoms with Gasteiger partial charge in [-0.05, 0) is 43.9 Å². The van der Waals surface area contributed by atoms with Crippen molar-refractivity contribution in [1.82, 2.24) is 9.97 Å². The Hall–Kier alpha value is -1.52. The summed E-state index contributed by atoms with van der Waals surface area (Å²) in [7, 11) is 1.84. The van der Waals surface area contributed by atoms with E-state index in [0.717, 1.165) is 29.4 Å². The molecule has 2 aliphatic carbocycles. The molecule has 0 amide bonds. The molecule has 2 fully saturated rings. The second kappa shape index (κ2) is 4.87. The molecule has 1 heterocycles. The zero-order valence-corrected chi connectivity index (χ0v) is 11.7. The van der Waals surface area contributed by atoms with E-state index >= 15 is 0 Å². The highest BCUT2D eigenvalue weighted by atomic mass is 15.1. The third-order valence-electron chi connectivity index (χ3n) is 4.81. The van der Waals surface area contributed by atoms with Crippen LogP contribution in [0.2, 0.25) is 0 Å². The fourth-order valence-electron chi connectivity index (χ4n) is 3.91. The molecular formula is C14H23N5. The van der Waals surface area contributed by atoms with Gasteiger partial charge in [0.05, 0.1) is 0 Å². The number of rotatable bonds is 4. The molecule has 1 aromatic heterocycles. The predicted molar refractivity (Wildman–Crippen MR) is 78.0 cm³/mol. The summed E-state index contributed by atoms with van der Waals surface area (Å²) >= 11 is 0. The Kier molecular flexibility index (Phi) is 3.21. The molecular weight excluding hydrogens is 238 g/mol. The van der Waals surface area contributed by atoms with E-state index in [1.165, 1.54) is 25.7 Å². The van der Waals surface area contributed by atoms with Crippen LogP contribution in [-0.2, 0) is 0 Å². The first kappa shape index (κ1) is 12.5. The van der Waals surface area contributed by atoms with E-state index in [1.807, 2.05) is 13.1 Å². The van der Waals surface area contributed by atoms with E-state index in [9.17, 15) is 0 Å². The average molecular weight is 261 g/mol. The van der Waals surface area contributed by atoms with E-state index in [2.05, 4.69) is 27.5 Å². The molecule has 1 aromatic rings. The standard InChI is InChI=1S/C14H23N5/c1-8(11-6-9-3-4-10(11)5-9)17-13-7-12(16-2)18-14(15)19-13/h7-11H,3-6H2,1-2H3,(H4,15,16,17,18,19). The molecule has 0 aliphatic heterocycles. The Balaban J connectivity index is 1.69. The normalized spacial score (nSPS) is 30.3. The maximum absolute atomic E-state index is 5.72. The van der Waals surface area contributed by atoms with Crippen LogP contribution in [0.1, 0.15) is 32.6 Å². The molecule has 5 nitrogen and oxygen atoms in total. The van der Waals surface area contributed by atoms with Crippen molar-refractivity contribution < 1.29 is 0 Å².